The smallest absolute Gasteiger partial charge is 0.411 e. The molecule has 6 nitrogen and oxygen atoms in total. The number of fused-ring (bicyclic) bond motifs is 3. The Morgan fingerprint density at radius 1 is 1.07 bits per heavy atom. The number of aliphatic carboxylic acids is 1. The van der Waals surface area contributed by atoms with Gasteiger partial charge in [-0.3, -0.25) is 9.69 Å². The van der Waals surface area contributed by atoms with E-state index in [-0.39, 0.29) is 31.7 Å². The van der Waals surface area contributed by atoms with Crippen molar-refractivity contribution >= 4 is 12.1 Å². The minimum atomic E-state index is -0.880. The highest BCUT2D eigenvalue weighted by Gasteiger charge is 2.33. The number of carbonyl (C=O) groups excluding carboxylic acids is 1. The predicted molar refractivity (Wildman–Crippen MR) is 98.4 cm³/mol. The minimum Gasteiger partial charge on any atom is -0.481 e. The van der Waals surface area contributed by atoms with Crippen molar-refractivity contribution in [3.05, 3.63) is 59.7 Å². The number of rotatable bonds is 5. The van der Waals surface area contributed by atoms with Gasteiger partial charge in [0.05, 0.1) is 12.6 Å². The van der Waals surface area contributed by atoms with Crippen molar-refractivity contribution in [3.63, 3.8) is 0 Å². The third kappa shape index (κ3) is 3.40. The number of amides is 1. The van der Waals surface area contributed by atoms with Gasteiger partial charge in [0.2, 0.25) is 0 Å². The summed E-state index contributed by atoms with van der Waals surface area (Å²) in [7, 11) is 0. The summed E-state index contributed by atoms with van der Waals surface area (Å²) in [5.41, 5.74) is 4.68. The third-order valence-electron chi connectivity index (χ3n) is 5.24. The molecule has 140 valence electrons. The van der Waals surface area contributed by atoms with E-state index in [9.17, 15) is 9.59 Å². The maximum Gasteiger partial charge on any atom is 0.411 e. The second kappa shape index (κ2) is 7.40. The van der Waals surface area contributed by atoms with Gasteiger partial charge in [-0.05, 0) is 28.7 Å². The lowest BCUT2D eigenvalue weighted by molar-refractivity contribution is -0.137. The highest BCUT2D eigenvalue weighted by molar-refractivity contribution is 5.79. The van der Waals surface area contributed by atoms with Crippen LogP contribution in [0.5, 0.6) is 0 Å². The Labute approximate surface area is 157 Å². The lowest BCUT2D eigenvalue weighted by atomic mass is 9.98. The number of carbonyl (C=O) groups is 2. The second-order valence-corrected chi connectivity index (χ2v) is 6.86. The summed E-state index contributed by atoms with van der Waals surface area (Å²) in [4.78, 5) is 24.8. The van der Waals surface area contributed by atoms with Gasteiger partial charge in [-0.25, -0.2) is 4.79 Å². The number of nitrogens with zero attached hydrogens (tertiary/aromatic N) is 1. The zero-order chi connectivity index (χ0) is 18.8. The molecule has 27 heavy (non-hydrogen) atoms. The van der Waals surface area contributed by atoms with Crippen molar-refractivity contribution < 1.29 is 24.2 Å². The minimum absolute atomic E-state index is 0.00117. The molecule has 1 saturated heterocycles. The van der Waals surface area contributed by atoms with Crippen LogP contribution in [0, 0.1) is 0 Å². The Bertz CT molecular complexity index is 820. The molecule has 1 atom stereocenters. The summed E-state index contributed by atoms with van der Waals surface area (Å²) in [6, 6.07) is 16.1. The summed E-state index contributed by atoms with van der Waals surface area (Å²) >= 11 is 0. The number of benzene rings is 2. The Morgan fingerprint density at radius 3 is 2.33 bits per heavy atom. The summed E-state index contributed by atoms with van der Waals surface area (Å²) in [6.07, 6.45) is -0.0921. The molecule has 2 aliphatic rings. The Hall–Kier alpha value is -2.86. The van der Waals surface area contributed by atoms with Crippen molar-refractivity contribution in [2.24, 2.45) is 0 Å². The first-order valence-electron chi connectivity index (χ1n) is 9.06. The molecule has 1 aliphatic heterocycles. The molecule has 1 heterocycles. The maximum absolute atomic E-state index is 12.6. The first kappa shape index (κ1) is 17.5. The summed E-state index contributed by atoms with van der Waals surface area (Å²) in [5.74, 6) is -0.878. The molecule has 6 heteroatoms. The Balaban J connectivity index is 1.46. The lowest BCUT2D eigenvalue weighted by Gasteiger charge is -2.23. The van der Waals surface area contributed by atoms with Crippen molar-refractivity contribution in [2.45, 2.75) is 24.8 Å². The topological polar surface area (TPSA) is 76.1 Å². The van der Waals surface area contributed by atoms with Crippen molar-refractivity contribution in [1.29, 1.82) is 0 Å². The number of hydrogen-bond donors (Lipinski definition) is 1. The van der Waals surface area contributed by atoms with E-state index in [1.54, 1.807) is 0 Å². The molecule has 2 aromatic rings. The first-order valence-corrected chi connectivity index (χ1v) is 9.06. The van der Waals surface area contributed by atoms with E-state index in [1.165, 1.54) is 16.0 Å². The molecule has 0 bridgehead atoms. The fourth-order valence-electron chi connectivity index (χ4n) is 3.89. The molecule has 0 saturated carbocycles. The summed E-state index contributed by atoms with van der Waals surface area (Å²) in [5, 5.41) is 8.86. The monoisotopic (exact) mass is 367 g/mol. The lowest BCUT2D eigenvalue weighted by Crippen LogP contribution is -2.38. The van der Waals surface area contributed by atoms with E-state index in [1.807, 2.05) is 24.3 Å². The summed E-state index contributed by atoms with van der Waals surface area (Å²) < 4.78 is 11.0. The zero-order valence-electron chi connectivity index (χ0n) is 14.8. The molecule has 1 N–H and O–H groups in total. The van der Waals surface area contributed by atoms with Gasteiger partial charge in [-0.1, -0.05) is 48.5 Å². The van der Waals surface area contributed by atoms with E-state index >= 15 is 0 Å². The van der Waals surface area contributed by atoms with E-state index in [0.717, 1.165) is 11.1 Å². The summed E-state index contributed by atoms with van der Waals surface area (Å²) in [6.45, 7) is 0.730. The molecule has 1 fully saturated rings. The van der Waals surface area contributed by atoms with Crippen LogP contribution in [0.4, 0.5) is 4.79 Å². The van der Waals surface area contributed by atoms with Crippen LogP contribution in [-0.2, 0) is 14.3 Å². The second-order valence-electron chi connectivity index (χ2n) is 6.86. The van der Waals surface area contributed by atoms with Gasteiger partial charge in [0.1, 0.15) is 13.3 Å². The van der Waals surface area contributed by atoms with Crippen molar-refractivity contribution in [1.82, 2.24) is 4.90 Å². The van der Waals surface area contributed by atoms with Crippen LogP contribution in [0.1, 0.15) is 29.9 Å². The SMILES string of the molecule is O=C(O)CC[C@H]1COCN1C(=O)OCC1c2ccccc2-c2ccccc21. The van der Waals surface area contributed by atoms with Crippen LogP contribution >= 0.6 is 0 Å². The molecular formula is C21H21NO5. The van der Waals surface area contributed by atoms with E-state index in [0.29, 0.717) is 13.0 Å². The van der Waals surface area contributed by atoms with Crippen LogP contribution in [0.15, 0.2) is 48.5 Å². The molecule has 0 aromatic heterocycles. The van der Waals surface area contributed by atoms with Crippen LogP contribution in [-0.4, -0.2) is 48.1 Å². The van der Waals surface area contributed by atoms with Gasteiger partial charge in [-0.15, -0.1) is 0 Å². The van der Waals surface area contributed by atoms with Gasteiger partial charge in [0.15, 0.2) is 0 Å². The largest absolute Gasteiger partial charge is 0.481 e. The van der Waals surface area contributed by atoms with Gasteiger partial charge in [0, 0.05) is 12.3 Å². The molecule has 0 spiro atoms. The average Bonchev–Trinajstić information content (AvgIpc) is 3.27. The number of carboxylic acid groups (broad SMARTS) is 1. The van der Waals surface area contributed by atoms with Crippen molar-refractivity contribution in [2.75, 3.05) is 19.9 Å². The molecule has 0 unspecified atom stereocenters. The molecule has 1 amide bonds. The van der Waals surface area contributed by atoms with Gasteiger partial charge in [-0.2, -0.15) is 0 Å². The molecule has 4 rings (SSSR count). The standard InChI is InChI=1S/C21H21NO5/c23-20(24)10-9-14-11-26-13-22(14)21(25)27-12-19-17-7-3-1-5-15(17)16-6-2-4-8-18(16)19/h1-8,14,19H,9-13H2,(H,23,24)/t14-/m0/s1. The van der Waals surface area contributed by atoms with Crippen molar-refractivity contribution in [3.8, 4) is 11.1 Å². The first-order chi connectivity index (χ1) is 13.1. The van der Waals surface area contributed by atoms with E-state index < -0.39 is 12.1 Å². The normalized spacial score (nSPS) is 18.2. The fraction of sp³-hybridized carbons (Fsp3) is 0.333. The zero-order valence-corrected chi connectivity index (χ0v) is 14.8. The van der Waals surface area contributed by atoms with Crippen LogP contribution in [0.25, 0.3) is 11.1 Å². The highest BCUT2D eigenvalue weighted by Crippen LogP contribution is 2.44. The van der Waals surface area contributed by atoms with E-state index in [2.05, 4.69) is 24.3 Å². The van der Waals surface area contributed by atoms with Crippen LogP contribution in [0.2, 0.25) is 0 Å². The van der Waals surface area contributed by atoms with Gasteiger partial charge >= 0.3 is 12.1 Å². The number of ether oxygens (including phenoxy) is 2. The average molecular weight is 367 g/mol. The molecule has 2 aromatic carbocycles. The highest BCUT2D eigenvalue weighted by atomic mass is 16.6. The third-order valence-corrected chi connectivity index (χ3v) is 5.24. The number of carboxylic acids is 1. The fourth-order valence-corrected chi connectivity index (χ4v) is 3.89. The molecular weight excluding hydrogens is 346 g/mol. The quantitative estimate of drug-likeness (QED) is 0.876. The van der Waals surface area contributed by atoms with Gasteiger partial charge in [0.25, 0.3) is 0 Å². The molecule has 0 radical (unpaired) electrons. The maximum atomic E-state index is 12.6. The van der Waals surface area contributed by atoms with Crippen LogP contribution in [0.3, 0.4) is 0 Å². The molecule has 1 aliphatic carbocycles. The van der Waals surface area contributed by atoms with E-state index in [4.69, 9.17) is 14.6 Å². The predicted octanol–water partition coefficient (Wildman–Crippen LogP) is 3.46. The Kier molecular flexibility index (Phi) is 4.81. The number of hydrogen-bond acceptors (Lipinski definition) is 4. The van der Waals surface area contributed by atoms with Gasteiger partial charge < -0.3 is 14.6 Å². The van der Waals surface area contributed by atoms with Crippen LogP contribution < -0.4 is 0 Å². The Morgan fingerprint density at radius 2 is 1.70 bits per heavy atom.